The predicted molar refractivity (Wildman–Crippen MR) is 111 cm³/mol. The summed E-state index contributed by atoms with van der Waals surface area (Å²) in [5.41, 5.74) is 4.13. The summed E-state index contributed by atoms with van der Waals surface area (Å²) in [7, 11) is 0. The van der Waals surface area contributed by atoms with E-state index < -0.39 is 0 Å². The van der Waals surface area contributed by atoms with E-state index >= 15 is 0 Å². The monoisotopic (exact) mass is 357 g/mol. The van der Waals surface area contributed by atoms with E-state index in [2.05, 4.69) is 89.8 Å². The highest BCUT2D eigenvalue weighted by Gasteiger charge is 2.21. The molecule has 138 valence electrons. The van der Waals surface area contributed by atoms with E-state index in [0.29, 0.717) is 5.92 Å². The summed E-state index contributed by atoms with van der Waals surface area (Å²) in [5.74, 6) is 1.66. The Morgan fingerprint density at radius 3 is 2.00 bits per heavy atom. The van der Waals surface area contributed by atoms with E-state index in [0.717, 1.165) is 38.4 Å². The normalized spacial score (nSPS) is 16.0. The first-order chi connectivity index (χ1) is 13.4. The molecule has 0 fully saturated rings. The molecule has 0 spiro atoms. The molecular weight excluding hydrogens is 330 g/mol. The number of nitrogens with zero attached hydrogens (tertiary/aromatic N) is 1. The van der Waals surface area contributed by atoms with Gasteiger partial charge < -0.3 is 4.74 Å². The zero-order valence-electron chi connectivity index (χ0n) is 15.8. The quantitative estimate of drug-likeness (QED) is 0.542. The van der Waals surface area contributed by atoms with Gasteiger partial charge in [-0.15, -0.1) is 0 Å². The summed E-state index contributed by atoms with van der Waals surface area (Å²) >= 11 is 0. The SMILES string of the molecule is c1ccc(CN(CC[C@H]2CCOc3ccccc32)Cc2ccccc2)cc1. The van der Waals surface area contributed by atoms with E-state index in [1.54, 1.807) is 0 Å². The van der Waals surface area contributed by atoms with E-state index in [1.807, 2.05) is 0 Å². The average molecular weight is 357 g/mol. The Bertz CT molecular complexity index is 790. The molecule has 0 aliphatic carbocycles. The van der Waals surface area contributed by atoms with E-state index in [9.17, 15) is 0 Å². The standard InChI is InChI=1S/C25H27NO/c1-3-9-21(10-4-1)19-26(20-22-11-5-2-6-12-22)17-15-23-16-18-27-25-14-8-7-13-24(23)25/h1-14,23H,15-20H2/t23-/m0/s1. The molecule has 3 aromatic carbocycles. The van der Waals surface area contributed by atoms with Crippen LogP contribution in [0.25, 0.3) is 0 Å². The Morgan fingerprint density at radius 2 is 1.33 bits per heavy atom. The Labute approximate surface area is 162 Å². The lowest BCUT2D eigenvalue weighted by Crippen LogP contribution is -2.26. The summed E-state index contributed by atoms with van der Waals surface area (Å²) in [4.78, 5) is 2.57. The number of fused-ring (bicyclic) bond motifs is 1. The Balaban J connectivity index is 1.46. The predicted octanol–water partition coefficient (Wildman–Crippen LogP) is 5.65. The van der Waals surface area contributed by atoms with Crippen molar-refractivity contribution >= 4 is 0 Å². The van der Waals surface area contributed by atoms with Crippen molar-refractivity contribution < 1.29 is 4.74 Å². The molecule has 0 radical (unpaired) electrons. The summed E-state index contributed by atoms with van der Waals surface area (Å²) in [6, 6.07) is 30.1. The second-order valence-electron chi connectivity index (χ2n) is 7.34. The summed E-state index contributed by atoms with van der Waals surface area (Å²) in [6.45, 7) is 3.89. The molecule has 0 bridgehead atoms. The first-order valence-corrected chi connectivity index (χ1v) is 9.90. The number of hydrogen-bond acceptors (Lipinski definition) is 2. The highest BCUT2D eigenvalue weighted by atomic mass is 16.5. The van der Waals surface area contributed by atoms with Crippen molar-refractivity contribution in [2.24, 2.45) is 0 Å². The van der Waals surface area contributed by atoms with Crippen molar-refractivity contribution in [1.29, 1.82) is 0 Å². The topological polar surface area (TPSA) is 12.5 Å². The molecule has 3 aromatic rings. The van der Waals surface area contributed by atoms with E-state index in [4.69, 9.17) is 4.74 Å². The van der Waals surface area contributed by atoms with Gasteiger partial charge in [0.05, 0.1) is 6.61 Å². The fraction of sp³-hybridized carbons (Fsp3) is 0.280. The van der Waals surface area contributed by atoms with Crippen LogP contribution in [-0.2, 0) is 13.1 Å². The van der Waals surface area contributed by atoms with Crippen LogP contribution in [0, 0.1) is 0 Å². The molecule has 2 heteroatoms. The highest BCUT2D eigenvalue weighted by Crippen LogP contribution is 2.35. The molecule has 1 aliphatic rings. The molecule has 2 nitrogen and oxygen atoms in total. The molecule has 0 aromatic heterocycles. The first kappa shape index (κ1) is 17.8. The molecule has 1 atom stereocenters. The van der Waals surface area contributed by atoms with Crippen LogP contribution in [0.1, 0.15) is 35.4 Å². The van der Waals surface area contributed by atoms with Gasteiger partial charge in [0.15, 0.2) is 0 Å². The van der Waals surface area contributed by atoms with Crippen molar-refractivity contribution in [2.45, 2.75) is 31.8 Å². The van der Waals surface area contributed by atoms with Crippen LogP contribution in [0.4, 0.5) is 0 Å². The van der Waals surface area contributed by atoms with Gasteiger partial charge in [-0.3, -0.25) is 4.90 Å². The molecule has 1 aliphatic heterocycles. The highest BCUT2D eigenvalue weighted by molar-refractivity contribution is 5.37. The smallest absolute Gasteiger partial charge is 0.122 e. The average Bonchev–Trinajstić information content (AvgIpc) is 2.73. The minimum Gasteiger partial charge on any atom is -0.493 e. The zero-order valence-corrected chi connectivity index (χ0v) is 15.8. The van der Waals surface area contributed by atoms with Crippen molar-refractivity contribution in [3.63, 3.8) is 0 Å². The molecule has 1 heterocycles. The minimum absolute atomic E-state index is 0.587. The first-order valence-electron chi connectivity index (χ1n) is 9.90. The second-order valence-corrected chi connectivity index (χ2v) is 7.34. The van der Waals surface area contributed by atoms with Crippen LogP contribution in [-0.4, -0.2) is 18.1 Å². The molecular formula is C25H27NO. The maximum Gasteiger partial charge on any atom is 0.122 e. The zero-order chi connectivity index (χ0) is 18.3. The Kier molecular flexibility index (Phi) is 5.86. The summed E-state index contributed by atoms with van der Waals surface area (Å²) in [5, 5.41) is 0. The maximum atomic E-state index is 5.84. The van der Waals surface area contributed by atoms with Gasteiger partial charge in [0.1, 0.15) is 5.75 Å². The minimum atomic E-state index is 0.587. The van der Waals surface area contributed by atoms with E-state index in [1.165, 1.54) is 23.1 Å². The third kappa shape index (κ3) is 4.78. The molecule has 0 unspecified atom stereocenters. The van der Waals surface area contributed by atoms with Gasteiger partial charge in [-0.25, -0.2) is 0 Å². The largest absolute Gasteiger partial charge is 0.493 e. The van der Waals surface area contributed by atoms with Crippen LogP contribution in [0.15, 0.2) is 84.9 Å². The van der Waals surface area contributed by atoms with Crippen LogP contribution in [0.5, 0.6) is 5.75 Å². The van der Waals surface area contributed by atoms with Gasteiger partial charge in [-0.05, 0) is 48.1 Å². The maximum absolute atomic E-state index is 5.84. The third-order valence-corrected chi connectivity index (χ3v) is 5.37. The van der Waals surface area contributed by atoms with Crippen LogP contribution in [0.3, 0.4) is 0 Å². The lowest BCUT2D eigenvalue weighted by molar-refractivity contribution is 0.221. The van der Waals surface area contributed by atoms with Crippen molar-refractivity contribution in [2.75, 3.05) is 13.2 Å². The number of hydrogen-bond donors (Lipinski definition) is 0. The number of benzene rings is 3. The van der Waals surface area contributed by atoms with E-state index in [-0.39, 0.29) is 0 Å². The fourth-order valence-electron chi connectivity index (χ4n) is 3.95. The molecule has 0 saturated heterocycles. The molecule has 0 amide bonds. The summed E-state index contributed by atoms with van der Waals surface area (Å²) in [6.07, 6.45) is 2.28. The van der Waals surface area contributed by atoms with Gasteiger partial charge in [0.2, 0.25) is 0 Å². The molecule has 27 heavy (non-hydrogen) atoms. The lowest BCUT2D eigenvalue weighted by Gasteiger charge is -2.29. The number of rotatable bonds is 7. The molecule has 0 N–H and O–H groups in total. The van der Waals surface area contributed by atoms with Gasteiger partial charge in [-0.1, -0.05) is 78.9 Å². The van der Waals surface area contributed by atoms with Crippen molar-refractivity contribution in [3.05, 3.63) is 102 Å². The van der Waals surface area contributed by atoms with Crippen LogP contribution < -0.4 is 4.74 Å². The number of para-hydroxylation sites is 1. The number of ether oxygens (including phenoxy) is 1. The van der Waals surface area contributed by atoms with Crippen LogP contribution in [0.2, 0.25) is 0 Å². The third-order valence-electron chi connectivity index (χ3n) is 5.37. The summed E-state index contributed by atoms with van der Waals surface area (Å²) < 4.78 is 5.84. The van der Waals surface area contributed by atoms with Gasteiger partial charge in [0.25, 0.3) is 0 Å². The van der Waals surface area contributed by atoms with Gasteiger partial charge in [0, 0.05) is 13.1 Å². The van der Waals surface area contributed by atoms with Gasteiger partial charge >= 0.3 is 0 Å². The molecule has 0 saturated carbocycles. The van der Waals surface area contributed by atoms with Crippen LogP contribution >= 0.6 is 0 Å². The molecule has 4 rings (SSSR count). The second kappa shape index (κ2) is 8.88. The van der Waals surface area contributed by atoms with Crippen molar-refractivity contribution in [1.82, 2.24) is 4.90 Å². The fourth-order valence-corrected chi connectivity index (χ4v) is 3.95. The Morgan fingerprint density at radius 1 is 0.741 bits per heavy atom. The van der Waals surface area contributed by atoms with Crippen molar-refractivity contribution in [3.8, 4) is 5.75 Å². The lowest BCUT2D eigenvalue weighted by atomic mass is 9.90. The van der Waals surface area contributed by atoms with Gasteiger partial charge in [-0.2, -0.15) is 0 Å². The Hall–Kier alpha value is -2.58.